The van der Waals surface area contributed by atoms with E-state index in [0.717, 1.165) is 11.8 Å². The molecule has 2 nitrogen and oxygen atoms in total. The van der Waals surface area contributed by atoms with Crippen molar-refractivity contribution in [2.24, 2.45) is 11.8 Å². The monoisotopic (exact) mass is 212 g/mol. The third-order valence-corrected chi connectivity index (χ3v) is 3.41. The van der Waals surface area contributed by atoms with Crippen molar-refractivity contribution < 1.29 is 0 Å². The quantitative estimate of drug-likeness (QED) is 0.731. The Morgan fingerprint density at radius 3 is 2.53 bits per heavy atom. The predicted molar refractivity (Wildman–Crippen MR) is 67.1 cm³/mol. The topological polar surface area (TPSA) is 24.1 Å². The van der Waals surface area contributed by atoms with Gasteiger partial charge in [-0.25, -0.2) is 0 Å². The van der Waals surface area contributed by atoms with Gasteiger partial charge in [-0.2, -0.15) is 0 Å². The van der Waals surface area contributed by atoms with Gasteiger partial charge in [-0.05, 0) is 58.0 Å². The molecule has 15 heavy (non-hydrogen) atoms. The second kappa shape index (κ2) is 6.49. The van der Waals surface area contributed by atoms with Gasteiger partial charge >= 0.3 is 0 Å². The molecule has 0 spiro atoms. The third kappa shape index (κ3) is 4.98. The Hall–Kier alpha value is -0.0800. The van der Waals surface area contributed by atoms with E-state index in [0.29, 0.717) is 12.1 Å². The number of piperidine rings is 1. The summed E-state index contributed by atoms with van der Waals surface area (Å²) in [5.74, 6) is 1.62. The SMILES string of the molecule is CC(C)C[C@H](C)N[C@@H](C)[C@@H]1CCCNC1. The van der Waals surface area contributed by atoms with Gasteiger partial charge in [-0.3, -0.25) is 0 Å². The van der Waals surface area contributed by atoms with E-state index in [2.05, 4.69) is 38.3 Å². The minimum Gasteiger partial charge on any atom is -0.316 e. The van der Waals surface area contributed by atoms with E-state index in [1.807, 2.05) is 0 Å². The Balaban J connectivity index is 2.23. The van der Waals surface area contributed by atoms with Gasteiger partial charge in [-0.15, -0.1) is 0 Å². The van der Waals surface area contributed by atoms with E-state index in [4.69, 9.17) is 0 Å². The maximum atomic E-state index is 3.74. The molecule has 1 saturated heterocycles. The van der Waals surface area contributed by atoms with Crippen molar-refractivity contribution in [1.29, 1.82) is 0 Å². The maximum Gasteiger partial charge on any atom is 0.00816 e. The standard InChI is InChI=1S/C13H28N2/c1-10(2)8-11(3)15-12(4)13-6-5-7-14-9-13/h10-15H,5-9H2,1-4H3/t11-,12-,13+/m0/s1. The highest BCUT2D eigenvalue weighted by molar-refractivity contribution is 4.80. The summed E-state index contributed by atoms with van der Waals surface area (Å²) in [5.41, 5.74) is 0. The molecule has 1 fully saturated rings. The molecule has 0 saturated carbocycles. The highest BCUT2D eigenvalue weighted by Crippen LogP contribution is 2.15. The first kappa shape index (κ1) is 13.0. The lowest BCUT2D eigenvalue weighted by atomic mass is 9.92. The lowest BCUT2D eigenvalue weighted by molar-refractivity contribution is 0.271. The molecule has 0 unspecified atom stereocenters. The van der Waals surface area contributed by atoms with Crippen molar-refractivity contribution >= 4 is 0 Å². The molecule has 0 aromatic carbocycles. The zero-order valence-corrected chi connectivity index (χ0v) is 10.8. The summed E-state index contributed by atoms with van der Waals surface area (Å²) in [5, 5.41) is 7.23. The number of nitrogens with one attached hydrogen (secondary N) is 2. The van der Waals surface area contributed by atoms with Crippen LogP contribution >= 0.6 is 0 Å². The van der Waals surface area contributed by atoms with Gasteiger partial charge in [0.15, 0.2) is 0 Å². The second-order valence-electron chi connectivity index (χ2n) is 5.59. The van der Waals surface area contributed by atoms with Crippen LogP contribution < -0.4 is 10.6 Å². The highest BCUT2D eigenvalue weighted by atomic mass is 15.0. The number of hydrogen-bond acceptors (Lipinski definition) is 2. The van der Waals surface area contributed by atoms with Crippen LogP contribution in [0.15, 0.2) is 0 Å². The van der Waals surface area contributed by atoms with Gasteiger partial charge in [0.2, 0.25) is 0 Å². The molecular weight excluding hydrogens is 184 g/mol. The van der Waals surface area contributed by atoms with E-state index < -0.39 is 0 Å². The molecule has 1 aliphatic heterocycles. The van der Waals surface area contributed by atoms with Crippen LogP contribution in [-0.2, 0) is 0 Å². The van der Waals surface area contributed by atoms with Crippen LogP contribution in [0.5, 0.6) is 0 Å². The van der Waals surface area contributed by atoms with E-state index in [1.54, 1.807) is 0 Å². The van der Waals surface area contributed by atoms with Crippen molar-refractivity contribution in [1.82, 2.24) is 10.6 Å². The summed E-state index contributed by atoms with van der Waals surface area (Å²) < 4.78 is 0. The minimum atomic E-state index is 0.655. The first-order valence-electron chi connectivity index (χ1n) is 6.56. The summed E-state index contributed by atoms with van der Waals surface area (Å²) in [6, 6.07) is 1.31. The van der Waals surface area contributed by atoms with Gasteiger partial charge in [-0.1, -0.05) is 13.8 Å². The number of rotatable bonds is 5. The number of hydrogen-bond donors (Lipinski definition) is 2. The molecule has 0 aliphatic carbocycles. The highest BCUT2D eigenvalue weighted by Gasteiger charge is 2.20. The van der Waals surface area contributed by atoms with Crippen molar-refractivity contribution in [3.05, 3.63) is 0 Å². The molecular formula is C13H28N2. The van der Waals surface area contributed by atoms with Crippen LogP contribution in [0.3, 0.4) is 0 Å². The van der Waals surface area contributed by atoms with Crippen LogP contribution in [0.4, 0.5) is 0 Å². The summed E-state index contributed by atoms with van der Waals surface area (Å²) >= 11 is 0. The fourth-order valence-corrected chi connectivity index (χ4v) is 2.67. The largest absolute Gasteiger partial charge is 0.316 e. The Morgan fingerprint density at radius 1 is 1.27 bits per heavy atom. The molecule has 1 rings (SSSR count). The van der Waals surface area contributed by atoms with Crippen LogP contribution in [0, 0.1) is 11.8 Å². The van der Waals surface area contributed by atoms with Crippen LogP contribution in [-0.4, -0.2) is 25.2 Å². The predicted octanol–water partition coefficient (Wildman–Crippen LogP) is 2.40. The molecule has 0 aromatic rings. The van der Waals surface area contributed by atoms with Gasteiger partial charge < -0.3 is 10.6 Å². The van der Waals surface area contributed by atoms with Gasteiger partial charge in [0.1, 0.15) is 0 Å². The Kier molecular flexibility index (Phi) is 5.62. The summed E-state index contributed by atoms with van der Waals surface area (Å²) in [4.78, 5) is 0. The third-order valence-electron chi connectivity index (χ3n) is 3.41. The molecule has 2 heteroatoms. The van der Waals surface area contributed by atoms with Gasteiger partial charge in [0, 0.05) is 12.1 Å². The smallest absolute Gasteiger partial charge is 0.00816 e. The van der Waals surface area contributed by atoms with E-state index in [1.165, 1.54) is 32.4 Å². The molecule has 0 amide bonds. The lowest BCUT2D eigenvalue weighted by Crippen LogP contribution is -2.45. The molecule has 1 heterocycles. The lowest BCUT2D eigenvalue weighted by Gasteiger charge is -2.31. The Morgan fingerprint density at radius 2 is 2.00 bits per heavy atom. The fraction of sp³-hybridized carbons (Fsp3) is 1.00. The molecule has 0 bridgehead atoms. The normalized spacial score (nSPS) is 26.6. The molecule has 0 aromatic heterocycles. The minimum absolute atomic E-state index is 0.655. The molecule has 1 aliphatic rings. The molecule has 90 valence electrons. The molecule has 0 radical (unpaired) electrons. The van der Waals surface area contributed by atoms with Crippen molar-refractivity contribution in [3.63, 3.8) is 0 Å². The van der Waals surface area contributed by atoms with E-state index in [9.17, 15) is 0 Å². The average Bonchev–Trinajstić information content (AvgIpc) is 2.17. The second-order valence-corrected chi connectivity index (χ2v) is 5.59. The maximum absolute atomic E-state index is 3.74. The van der Waals surface area contributed by atoms with Gasteiger partial charge in [0.25, 0.3) is 0 Å². The Labute approximate surface area is 95.2 Å². The first-order chi connectivity index (χ1) is 7.09. The van der Waals surface area contributed by atoms with Crippen molar-refractivity contribution in [3.8, 4) is 0 Å². The zero-order chi connectivity index (χ0) is 11.3. The Bertz CT molecular complexity index is 162. The summed E-state index contributed by atoms with van der Waals surface area (Å²) in [6.45, 7) is 11.7. The van der Waals surface area contributed by atoms with Crippen LogP contribution in [0.1, 0.15) is 47.0 Å². The molecule has 3 atom stereocenters. The van der Waals surface area contributed by atoms with Crippen molar-refractivity contribution in [2.75, 3.05) is 13.1 Å². The zero-order valence-electron chi connectivity index (χ0n) is 10.8. The first-order valence-corrected chi connectivity index (χ1v) is 6.56. The van der Waals surface area contributed by atoms with E-state index in [-0.39, 0.29) is 0 Å². The van der Waals surface area contributed by atoms with Gasteiger partial charge in [0.05, 0.1) is 0 Å². The fourth-order valence-electron chi connectivity index (χ4n) is 2.67. The van der Waals surface area contributed by atoms with Crippen LogP contribution in [0.2, 0.25) is 0 Å². The summed E-state index contributed by atoms with van der Waals surface area (Å²) in [6.07, 6.45) is 4.01. The van der Waals surface area contributed by atoms with Crippen molar-refractivity contribution in [2.45, 2.75) is 59.0 Å². The van der Waals surface area contributed by atoms with E-state index >= 15 is 0 Å². The van der Waals surface area contributed by atoms with Crippen LogP contribution in [0.25, 0.3) is 0 Å². The summed E-state index contributed by atoms with van der Waals surface area (Å²) in [7, 11) is 0. The molecule has 2 N–H and O–H groups in total. The average molecular weight is 212 g/mol.